The van der Waals surface area contributed by atoms with Crippen molar-refractivity contribution in [3.63, 3.8) is 0 Å². The summed E-state index contributed by atoms with van der Waals surface area (Å²) in [5, 5.41) is 2.62. The molecule has 2 rings (SSSR count). The van der Waals surface area contributed by atoms with Crippen LogP contribution in [0.1, 0.15) is 5.56 Å². The molecule has 0 aliphatic heterocycles. The van der Waals surface area contributed by atoms with Crippen LogP contribution in [0.25, 0.3) is 10.8 Å². The Morgan fingerprint density at radius 1 is 1.05 bits per heavy atom. The zero-order valence-corrected chi connectivity index (χ0v) is 13.7. The van der Waals surface area contributed by atoms with Crippen LogP contribution in [0.4, 0.5) is 0 Å². The number of halogens is 1. The van der Waals surface area contributed by atoms with Gasteiger partial charge in [0.1, 0.15) is 0 Å². The van der Waals surface area contributed by atoms with Crippen LogP contribution >= 0.6 is 35.7 Å². The van der Waals surface area contributed by atoms with Gasteiger partial charge < -0.3 is 11.5 Å². The molecule has 0 saturated heterocycles. The molecule has 0 amide bonds. The highest BCUT2D eigenvalue weighted by Crippen LogP contribution is 2.22. The smallest absolute Gasteiger partial charge is 0.185 e. The molecule has 0 spiro atoms. The summed E-state index contributed by atoms with van der Waals surface area (Å²) in [7, 11) is 0. The van der Waals surface area contributed by atoms with Crippen molar-refractivity contribution in [1.29, 1.82) is 0 Å². The number of hydrogen-bond donors (Lipinski definition) is 2. The van der Waals surface area contributed by atoms with Crippen LogP contribution in [0.2, 0.25) is 0 Å². The molecule has 0 aliphatic rings. The molecule has 2 aromatic rings. The largest absolute Gasteiger partial charge is 0.370 e. The number of thioether (sulfide) groups is 1. The van der Waals surface area contributed by atoms with Crippen molar-refractivity contribution in [2.75, 3.05) is 12.3 Å². The lowest BCUT2D eigenvalue weighted by Gasteiger charge is -2.05. The molecule has 0 heterocycles. The van der Waals surface area contributed by atoms with Gasteiger partial charge in [0.25, 0.3) is 0 Å². The molecule has 2 aromatic carbocycles. The van der Waals surface area contributed by atoms with E-state index in [0.29, 0.717) is 6.54 Å². The van der Waals surface area contributed by atoms with Crippen molar-refractivity contribution in [3.8, 4) is 0 Å². The molecule has 0 atom stereocenters. The van der Waals surface area contributed by atoms with Gasteiger partial charge in [-0.1, -0.05) is 42.5 Å². The van der Waals surface area contributed by atoms with Crippen molar-refractivity contribution < 1.29 is 0 Å². The van der Waals surface area contributed by atoms with Gasteiger partial charge in [0.2, 0.25) is 0 Å². The number of hydrogen-bond acceptors (Lipinski definition) is 2. The Morgan fingerprint density at radius 3 is 2.58 bits per heavy atom. The maximum atomic E-state index is 5.28. The van der Waals surface area contributed by atoms with Gasteiger partial charge in [-0.25, -0.2) is 0 Å². The van der Waals surface area contributed by atoms with E-state index in [0.717, 1.165) is 11.5 Å². The minimum Gasteiger partial charge on any atom is -0.370 e. The summed E-state index contributed by atoms with van der Waals surface area (Å²) in [5.41, 5.74) is 11.9. The molecule has 0 fully saturated rings. The van der Waals surface area contributed by atoms with Gasteiger partial charge in [0.15, 0.2) is 5.96 Å². The molecule has 3 nitrogen and oxygen atoms in total. The lowest BCUT2D eigenvalue weighted by Crippen LogP contribution is -2.23. The van der Waals surface area contributed by atoms with Gasteiger partial charge in [-0.05, 0) is 16.3 Å². The Bertz CT molecular complexity index is 548. The molecular weight excluding hydrogens is 369 g/mol. The predicted octanol–water partition coefficient (Wildman–Crippen LogP) is 2.96. The predicted molar refractivity (Wildman–Crippen MR) is 96.2 cm³/mol. The first-order valence-corrected chi connectivity index (χ1v) is 7.02. The Labute approximate surface area is 134 Å². The van der Waals surface area contributed by atoms with Crippen LogP contribution in [0.3, 0.4) is 0 Å². The van der Waals surface area contributed by atoms with Crippen LogP contribution in [-0.2, 0) is 5.75 Å². The summed E-state index contributed by atoms with van der Waals surface area (Å²) < 4.78 is 0. The fourth-order valence-corrected chi connectivity index (χ4v) is 2.68. The molecule has 0 saturated carbocycles. The molecule has 19 heavy (non-hydrogen) atoms. The van der Waals surface area contributed by atoms with Gasteiger partial charge in [-0.2, -0.15) is 11.8 Å². The highest BCUT2D eigenvalue weighted by molar-refractivity contribution is 14.0. The van der Waals surface area contributed by atoms with Crippen molar-refractivity contribution in [1.82, 2.24) is 0 Å². The second kappa shape index (κ2) is 8.27. The Balaban J connectivity index is 0.00000180. The van der Waals surface area contributed by atoms with E-state index in [4.69, 9.17) is 11.5 Å². The number of aliphatic imine (C=N–C) groups is 1. The number of benzene rings is 2. The average molecular weight is 387 g/mol. The zero-order chi connectivity index (χ0) is 12.8. The number of rotatable bonds is 5. The number of guanidine groups is 1. The molecule has 0 radical (unpaired) electrons. The van der Waals surface area contributed by atoms with E-state index in [2.05, 4.69) is 47.5 Å². The van der Waals surface area contributed by atoms with E-state index < -0.39 is 0 Å². The summed E-state index contributed by atoms with van der Waals surface area (Å²) in [4.78, 5) is 3.97. The van der Waals surface area contributed by atoms with E-state index in [1.807, 2.05) is 11.8 Å². The third kappa shape index (κ3) is 4.91. The summed E-state index contributed by atoms with van der Waals surface area (Å²) in [6.45, 7) is 0.678. The summed E-state index contributed by atoms with van der Waals surface area (Å²) in [5.74, 6) is 2.09. The van der Waals surface area contributed by atoms with Crippen LogP contribution in [0.5, 0.6) is 0 Å². The number of fused-ring (bicyclic) bond motifs is 1. The SMILES string of the molecule is I.NC(N)=NCCSCc1cccc2ccccc12. The first kappa shape index (κ1) is 16.1. The minimum atomic E-state index is 0. The third-order valence-electron chi connectivity index (χ3n) is 2.67. The van der Waals surface area contributed by atoms with Crippen LogP contribution < -0.4 is 11.5 Å². The normalized spacial score (nSPS) is 9.89. The second-order valence-corrected chi connectivity index (χ2v) is 5.10. The van der Waals surface area contributed by atoms with Gasteiger partial charge in [-0.3, -0.25) is 4.99 Å². The van der Waals surface area contributed by atoms with Crippen LogP contribution in [0, 0.1) is 0 Å². The first-order chi connectivity index (χ1) is 8.77. The van der Waals surface area contributed by atoms with Crippen molar-refractivity contribution in [2.24, 2.45) is 16.5 Å². The second-order valence-electron chi connectivity index (χ2n) is 4.00. The fraction of sp³-hybridized carbons (Fsp3) is 0.214. The van der Waals surface area contributed by atoms with Crippen molar-refractivity contribution in [3.05, 3.63) is 48.0 Å². The fourth-order valence-electron chi connectivity index (χ4n) is 1.84. The zero-order valence-electron chi connectivity index (χ0n) is 10.6. The van der Waals surface area contributed by atoms with E-state index >= 15 is 0 Å². The summed E-state index contributed by atoms with van der Waals surface area (Å²) >= 11 is 1.84. The Hall–Kier alpha value is -0.950. The van der Waals surface area contributed by atoms with E-state index in [1.165, 1.54) is 16.3 Å². The third-order valence-corrected chi connectivity index (χ3v) is 3.65. The standard InChI is InChI=1S/C14H17N3S.HI/c15-14(16)17-8-9-18-10-12-6-3-5-11-4-1-2-7-13(11)12;/h1-7H,8-10H2,(H4,15,16,17);1H. The highest BCUT2D eigenvalue weighted by Gasteiger charge is 1.99. The summed E-state index contributed by atoms with van der Waals surface area (Å²) in [6, 6.07) is 14.9. The van der Waals surface area contributed by atoms with Crippen molar-refractivity contribution in [2.45, 2.75) is 5.75 Å². The number of nitrogens with zero attached hydrogens (tertiary/aromatic N) is 1. The molecule has 0 aliphatic carbocycles. The molecule has 0 aromatic heterocycles. The first-order valence-electron chi connectivity index (χ1n) is 5.87. The van der Waals surface area contributed by atoms with E-state index in [-0.39, 0.29) is 29.9 Å². The van der Waals surface area contributed by atoms with Gasteiger partial charge in [0.05, 0.1) is 6.54 Å². The van der Waals surface area contributed by atoms with Crippen LogP contribution in [-0.4, -0.2) is 18.3 Å². The molecule has 0 unspecified atom stereocenters. The molecule has 5 heteroatoms. The van der Waals surface area contributed by atoms with E-state index in [1.54, 1.807) is 0 Å². The van der Waals surface area contributed by atoms with Crippen LogP contribution in [0.15, 0.2) is 47.5 Å². The molecule has 102 valence electrons. The van der Waals surface area contributed by atoms with E-state index in [9.17, 15) is 0 Å². The Kier molecular flexibility index (Phi) is 7.01. The topological polar surface area (TPSA) is 64.4 Å². The molecular formula is C14H18IN3S. The lowest BCUT2D eigenvalue weighted by molar-refractivity contribution is 1.12. The molecule has 4 N–H and O–H groups in total. The monoisotopic (exact) mass is 387 g/mol. The van der Waals surface area contributed by atoms with Gasteiger partial charge >= 0.3 is 0 Å². The van der Waals surface area contributed by atoms with Gasteiger partial charge in [0, 0.05) is 11.5 Å². The maximum Gasteiger partial charge on any atom is 0.185 e. The average Bonchev–Trinajstić information content (AvgIpc) is 2.38. The number of nitrogens with two attached hydrogens (primary N) is 2. The van der Waals surface area contributed by atoms with Gasteiger partial charge in [-0.15, -0.1) is 24.0 Å². The van der Waals surface area contributed by atoms with Crippen molar-refractivity contribution >= 4 is 52.5 Å². The quantitative estimate of drug-likeness (QED) is 0.359. The molecule has 0 bridgehead atoms. The Morgan fingerprint density at radius 2 is 1.79 bits per heavy atom. The maximum absolute atomic E-state index is 5.28. The summed E-state index contributed by atoms with van der Waals surface area (Å²) in [6.07, 6.45) is 0. The highest BCUT2D eigenvalue weighted by atomic mass is 127. The lowest BCUT2D eigenvalue weighted by atomic mass is 10.1. The minimum absolute atomic E-state index is 0.